The van der Waals surface area contributed by atoms with Crippen molar-refractivity contribution in [3.8, 4) is 0 Å². The molecule has 6 heteroatoms. The molecule has 3 N–H and O–H groups in total. The lowest BCUT2D eigenvalue weighted by molar-refractivity contribution is -0.141. The summed E-state index contributed by atoms with van der Waals surface area (Å²) in [6.45, 7) is 3.51. The van der Waals surface area contributed by atoms with E-state index < -0.39 is 17.9 Å². The Morgan fingerprint density at radius 1 is 1.23 bits per heavy atom. The molecule has 0 saturated heterocycles. The zero-order chi connectivity index (χ0) is 16.5. The number of unbranched alkanes of at least 4 members (excludes halogenated alkanes) is 1. The molecule has 0 aliphatic rings. The predicted molar refractivity (Wildman–Crippen MR) is 82.6 cm³/mol. The highest BCUT2D eigenvalue weighted by molar-refractivity contribution is 5.97. The van der Waals surface area contributed by atoms with Crippen LogP contribution in [0.4, 0.5) is 0 Å². The summed E-state index contributed by atoms with van der Waals surface area (Å²) in [5, 5.41) is 14.0. The number of carboxylic acid groups (broad SMARTS) is 1. The Labute approximate surface area is 129 Å². The van der Waals surface area contributed by atoms with Crippen LogP contribution in [0.15, 0.2) is 24.3 Å². The van der Waals surface area contributed by atoms with Crippen molar-refractivity contribution < 1.29 is 19.5 Å². The number of rotatable bonds is 8. The summed E-state index contributed by atoms with van der Waals surface area (Å²) >= 11 is 0. The van der Waals surface area contributed by atoms with Gasteiger partial charge in [-0.1, -0.05) is 38.0 Å². The van der Waals surface area contributed by atoms with Gasteiger partial charge in [0.2, 0.25) is 5.91 Å². The lowest BCUT2D eigenvalue weighted by Crippen LogP contribution is -2.45. The fourth-order valence-corrected chi connectivity index (χ4v) is 1.99. The van der Waals surface area contributed by atoms with E-state index in [9.17, 15) is 14.4 Å². The maximum atomic E-state index is 12.0. The van der Waals surface area contributed by atoms with E-state index >= 15 is 0 Å². The smallest absolute Gasteiger partial charge is 0.326 e. The third-order valence-electron chi connectivity index (χ3n) is 3.28. The van der Waals surface area contributed by atoms with Crippen LogP contribution in [0.5, 0.6) is 0 Å². The highest BCUT2D eigenvalue weighted by atomic mass is 16.4. The Morgan fingerprint density at radius 3 is 2.50 bits per heavy atom. The predicted octanol–water partition coefficient (Wildman–Crippen LogP) is 1.48. The second-order valence-electron chi connectivity index (χ2n) is 5.10. The van der Waals surface area contributed by atoms with E-state index in [-0.39, 0.29) is 12.5 Å². The van der Waals surface area contributed by atoms with Crippen molar-refractivity contribution in [2.75, 3.05) is 6.54 Å². The number of amides is 2. The average Bonchev–Trinajstić information content (AvgIpc) is 2.49. The first kappa shape index (κ1) is 17.7. The van der Waals surface area contributed by atoms with Crippen molar-refractivity contribution in [1.29, 1.82) is 0 Å². The molecule has 0 fully saturated rings. The minimum atomic E-state index is -1.06. The monoisotopic (exact) mass is 306 g/mol. The van der Waals surface area contributed by atoms with E-state index in [4.69, 9.17) is 5.11 Å². The maximum Gasteiger partial charge on any atom is 0.326 e. The van der Waals surface area contributed by atoms with E-state index in [1.54, 1.807) is 25.1 Å². The van der Waals surface area contributed by atoms with Gasteiger partial charge in [-0.3, -0.25) is 9.59 Å². The molecular weight excluding hydrogens is 284 g/mol. The van der Waals surface area contributed by atoms with Crippen LogP contribution >= 0.6 is 0 Å². The Bertz CT molecular complexity index is 543. The molecule has 1 rings (SSSR count). The molecule has 0 aromatic heterocycles. The van der Waals surface area contributed by atoms with E-state index in [1.165, 1.54) is 0 Å². The van der Waals surface area contributed by atoms with Crippen LogP contribution in [0.2, 0.25) is 0 Å². The van der Waals surface area contributed by atoms with Gasteiger partial charge in [-0.25, -0.2) is 4.79 Å². The summed E-state index contributed by atoms with van der Waals surface area (Å²) in [5.74, 6) is -1.92. The molecule has 0 unspecified atom stereocenters. The van der Waals surface area contributed by atoms with Crippen LogP contribution in [-0.2, 0) is 9.59 Å². The molecule has 0 spiro atoms. The number of hydrogen-bond donors (Lipinski definition) is 3. The SMILES string of the molecule is CCCC[C@H](NC(=O)CNC(=O)c1ccccc1C)C(=O)O. The van der Waals surface area contributed by atoms with Crippen molar-refractivity contribution in [1.82, 2.24) is 10.6 Å². The van der Waals surface area contributed by atoms with Gasteiger partial charge >= 0.3 is 5.97 Å². The van der Waals surface area contributed by atoms with Crippen LogP contribution in [-0.4, -0.2) is 35.5 Å². The number of aliphatic carboxylic acids is 1. The Balaban J connectivity index is 2.50. The van der Waals surface area contributed by atoms with E-state index in [0.29, 0.717) is 18.4 Å². The fraction of sp³-hybridized carbons (Fsp3) is 0.438. The molecule has 1 aromatic carbocycles. The minimum absolute atomic E-state index is 0.247. The molecule has 2 amide bonds. The third-order valence-corrected chi connectivity index (χ3v) is 3.28. The quantitative estimate of drug-likeness (QED) is 0.678. The van der Waals surface area contributed by atoms with Crippen molar-refractivity contribution in [2.24, 2.45) is 0 Å². The molecule has 0 aliphatic heterocycles. The van der Waals surface area contributed by atoms with Gasteiger partial charge in [0.15, 0.2) is 0 Å². The second-order valence-corrected chi connectivity index (χ2v) is 5.10. The van der Waals surface area contributed by atoms with Crippen LogP contribution in [0.3, 0.4) is 0 Å². The summed E-state index contributed by atoms with van der Waals surface area (Å²) in [6.07, 6.45) is 1.94. The van der Waals surface area contributed by atoms with Crippen molar-refractivity contribution in [3.63, 3.8) is 0 Å². The molecule has 6 nitrogen and oxygen atoms in total. The van der Waals surface area contributed by atoms with Crippen molar-refractivity contribution in [2.45, 2.75) is 39.2 Å². The Hall–Kier alpha value is -2.37. The zero-order valence-electron chi connectivity index (χ0n) is 12.9. The van der Waals surface area contributed by atoms with Gasteiger partial charge in [0, 0.05) is 5.56 Å². The van der Waals surface area contributed by atoms with Gasteiger partial charge in [0.1, 0.15) is 6.04 Å². The molecule has 0 saturated carbocycles. The number of carboxylic acids is 1. The summed E-state index contributed by atoms with van der Waals surface area (Å²) in [6, 6.07) is 6.13. The lowest BCUT2D eigenvalue weighted by Gasteiger charge is -2.14. The number of benzene rings is 1. The maximum absolute atomic E-state index is 12.0. The summed E-state index contributed by atoms with van der Waals surface area (Å²) in [4.78, 5) is 34.7. The van der Waals surface area contributed by atoms with E-state index in [0.717, 1.165) is 12.0 Å². The van der Waals surface area contributed by atoms with E-state index in [2.05, 4.69) is 10.6 Å². The van der Waals surface area contributed by atoms with Gasteiger partial charge in [0.25, 0.3) is 5.91 Å². The van der Waals surface area contributed by atoms with Gasteiger partial charge < -0.3 is 15.7 Å². The first-order valence-corrected chi connectivity index (χ1v) is 7.31. The molecule has 1 aromatic rings. The number of hydrogen-bond acceptors (Lipinski definition) is 3. The standard InChI is InChI=1S/C16H22N2O4/c1-3-4-9-13(16(21)22)18-14(19)10-17-15(20)12-8-6-5-7-11(12)2/h5-8,13H,3-4,9-10H2,1-2H3,(H,17,20)(H,18,19)(H,21,22)/t13-/m0/s1. The van der Waals surface area contributed by atoms with E-state index in [1.807, 2.05) is 13.0 Å². The molecular formula is C16H22N2O4. The van der Waals surface area contributed by atoms with Gasteiger partial charge in [0.05, 0.1) is 6.54 Å². The number of nitrogens with one attached hydrogen (secondary N) is 2. The average molecular weight is 306 g/mol. The van der Waals surface area contributed by atoms with Crippen molar-refractivity contribution >= 4 is 17.8 Å². The van der Waals surface area contributed by atoms with Crippen LogP contribution < -0.4 is 10.6 Å². The van der Waals surface area contributed by atoms with Gasteiger partial charge in [-0.2, -0.15) is 0 Å². The molecule has 0 bridgehead atoms. The molecule has 0 aliphatic carbocycles. The second kappa shape index (κ2) is 8.81. The Kier molecular flexibility index (Phi) is 7.08. The molecule has 0 heterocycles. The highest BCUT2D eigenvalue weighted by Crippen LogP contribution is 2.06. The lowest BCUT2D eigenvalue weighted by atomic mass is 10.1. The molecule has 1 atom stereocenters. The van der Waals surface area contributed by atoms with Crippen LogP contribution in [0.25, 0.3) is 0 Å². The Morgan fingerprint density at radius 2 is 1.91 bits per heavy atom. The molecule has 22 heavy (non-hydrogen) atoms. The zero-order valence-corrected chi connectivity index (χ0v) is 12.9. The third kappa shape index (κ3) is 5.55. The first-order chi connectivity index (χ1) is 10.5. The van der Waals surface area contributed by atoms with Crippen LogP contribution in [0.1, 0.15) is 42.1 Å². The number of aryl methyl sites for hydroxylation is 1. The summed E-state index contributed by atoms with van der Waals surface area (Å²) in [7, 11) is 0. The first-order valence-electron chi connectivity index (χ1n) is 7.31. The van der Waals surface area contributed by atoms with Crippen LogP contribution in [0, 0.1) is 6.92 Å². The molecule has 0 radical (unpaired) electrons. The van der Waals surface area contributed by atoms with Crippen molar-refractivity contribution in [3.05, 3.63) is 35.4 Å². The highest BCUT2D eigenvalue weighted by Gasteiger charge is 2.19. The van der Waals surface area contributed by atoms with Gasteiger partial charge in [-0.15, -0.1) is 0 Å². The summed E-state index contributed by atoms with van der Waals surface area (Å²) < 4.78 is 0. The fourth-order valence-electron chi connectivity index (χ4n) is 1.99. The normalized spacial score (nSPS) is 11.5. The topological polar surface area (TPSA) is 95.5 Å². The summed E-state index contributed by atoms with van der Waals surface area (Å²) in [5.41, 5.74) is 1.31. The number of carbonyl (C=O) groups is 3. The van der Waals surface area contributed by atoms with Gasteiger partial charge in [-0.05, 0) is 25.0 Å². The number of carbonyl (C=O) groups excluding carboxylic acids is 2. The minimum Gasteiger partial charge on any atom is -0.480 e. The largest absolute Gasteiger partial charge is 0.480 e. The molecule has 120 valence electrons.